The molecule has 0 saturated carbocycles. The van der Waals surface area contributed by atoms with Gasteiger partial charge < -0.3 is 9.84 Å². The van der Waals surface area contributed by atoms with Gasteiger partial charge in [0.1, 0.15) is 5.60 Å². The van der Waals surface area contributed by atoms with Gasteiger partial charge in [-0.15, -0.1) is 0 Å². The van der Waals surface area contributed by atoms with Crippen molar-refractivity contribution in [1.29, 1.82) is 0 Å². The van der Waals surface area contributed by atoms with Gasteiger partial charge in [0.25, 0.3) is 0 Å². The minimum Gasteiger partial charge on any atom is -0.481 e. The van der Waals surface area contributed by atoms with Crippen LogP contribution >= 0.6 is 0 Å². The van der Waals surface area contributed by atoms with Crippen molar-refractivity contribution in [2.45, 2.75) is 52.1 Å². The fourth-order valence-electron chi connectivity index (χ4n) is 1.26. The minimum absolute atomic E-state index is 0.546. The van der Waals surface area contributed by atoms with E-state index in [-0.39, 0.29) is 0 Å². The van der Waals surface area contributed by atoms with Crippen molar-refractivity contribution < 1.29 is 28.2 Å². The van der Waals surface area contributed by atoms with Crippen molar-refractivity contribution in [2.24, 2.45) is 5.92 Å². The molecule has 0 fully saturated rings. The number of carbonyl (C=O) groups excluding carboxylic acids is 1. The molecule has 0 spiro atoms. The fraction of sp³-hybridized carbons (Fsp3) is 0.818. The smallest absolute Gasteiger partial charge is 0.307 e. The van der Waals surface area contributed by atoms with Crippen LogP contribution in [0, 0.1) is 5.92 Å². The van der Waals surface area contributed by atoms with E-state index in [0.29, 0.717) is 6.92 Å². The molecule has 0 radical (unpaired) electrons. The van der Waals surface area contributed by atoms with Crippen molar-refractivity contribution in [3.63, 3.8) is 0 Å². The average molecular weight is 252 g/mol. The standard InChI is InChI=1S/C11H18F2O4/c1-10(2,3)17-8(14)5-7(9(15)16)6-11(4,12)13/h7H,5-6H2,1-4H3,(H,15,16). The monoisotopic (exact) mass is 252 g/mol. The van der Waals surface area contributed by atoms with Crippen molar-refractivity contribution in [3.05, 3.63) is 0 Å². The SMILES string of the molecule is CC(F)(F)CC(CC(=O)OC(C)(C)C)C(=O)O. The van der Waals surface area contributed by atoms with E-state index in [1.165, 1.54) is 0 Å². The van der Waals surface area contributed by atoms with Crippen LogP contribution in [0.2, 0.25) is 0 Å². The Morgan fingerprint density at radius 3 is 2.00 bits per heavy atom. The second-order valence-electron chi connectivity index (χ2n) is 5.10. The molecule has 0 aliphatic carbocycles. The molecule has 1 atom stereocenters. The summed E-state index contributed by atoms with van der Waals surface area (Å²) in [6.07, 6.45) is -1.42. The zero-order valence-electron chi connectivity index (χ0n) is 10.4. The van der Waals surface area contributed by atoms with Crippen LogP contribution in [0.4, 0.5) is 8.78 Å². The predicted octanol–water partition coefficient (Wildman–Crippen LogP) is 2.46. The highest BCUT2D eigenvalue weighted by Gasteiger charge is 2.33. The van der Waals surface area contributed by atoms with Gasteiger partial charge in [-0.1, -0.05) is 0 Å². The molecule has 100 valence electrons. The van der Waals surface area contributed by atoms with Crippen LogP contribution < -0.4 is 0 Å². The first-order valence-electron chi connectivity index (χ1n) is 5.23. The van der Waals surface area contributed by atoms with Crippen molar-refractivity contribution >= 4 is 11.9 Å². The van der Waals surface area contributed by atoms with Crippen LogP contribution in [0.1, 0.15) is 40.5 Å². The first-order valence-corrected chi connectivity index (χ1v) is 5.23. The summed E-state index contributed by atoms with van der Waals surface area (Å²) in [6.45, 7) is 5.48. The first kappa shape index (κ1) is 15.8. The molecule has 1 N–H and O–H groups in total. The molecular formula is C11H18F2O4. The molecule has 4 nitrogen and oxygen atoms in total. The Bertz CT molecular complexity index is 289. The summed E-state index contributed by atoms with van der Waals surface area (Å²) in [6, 6.07) is 0. The van der Waals surface area contributed by atoms with E-state index < -0.39 is 42.2 Å². The number of ether oxygens (including phenoxy) is 1. The lowest BCUT2D eigenvalue weighted by Gasteiger charge is -2.22. The van der Waals surface area contributed by atoms with Crippen LogP contribution in [0.25, 0.3) is 0 Å². The predicted molar refractivity (Wildman–Crippen MR) is 56.8 cm³/mol. The Morgan fingerprint density at radius 1 is 1.24 bits per heavy atom. The third kappa shape index (κ3) is 8.59. The van der Waals surface area contributed by atoms with Gasteiger partial charge in [-0.2, -0.15) is 0 Å². The molecule has 0 aromatic carbocycles. The van der Waals surface area contributed by atoms with Gasteiger partial charge in [0, 0.05) is 6.42 Å². The number of hydrogen-bond donors (Lipinski definition) is 1. The summed E-state index contributed by atoms with van der Waals surface area (Å²) in [5, 5.41) is 8.74. The van der Waals surface area contributed by atoms with Gasteiger partial charge in [0.15, 0.2) is 0 Å². The number of hydrogen-bond acceptors (Lipinski definition) is 3. The maximum atomic E-state index is 12.7. The van der Waals surface area contributed by atoms with E-state index in [2.05, 4.69) is 0 Å². The number of rotatable bonds is 5. The largest absolute Gasteiger partial charge is 0.481 e. The summed E-state index contributed by atoms with van der Waals surface area (Å²) in [5.41, 5.74) is -0.755. The Hall–Kier alpha value is -1.20. The molecule has 0 bridgehead atoms. The normalized spacial score (nSPS) is 14.2. The lowest BCUT2D eigenvalue weighted by Crippen LogP contribution is -2.29. The Balaban J connectivity index is 4.47. The molecule has 0 saturated heterocycles. The van der Waals surface area contributed by atoms with Crippen LogP contribution in [-0.4, -0.2) is 28.6 Å². The second kappa shape index (κ2) is 5.42. The molecule has 0 amide bonds. The van der Waals surface area contributed by atoms with Crippen molar-refractivity contribution in [1.82, 2.24) is 0 Å². The molecule has 0 heterocycles. The molecule has 0 aromatic rings. The highest BCUT2D eigenvalue weighted by Crippen LogP contribution is 2.25. The number of halogens is 2. The Morgan fingerprint density at radius 2 is 1.71 bits per heavy atom. The van der Waals surface area contributed by atoms with Crippen LogP contribution in [0.15, 0.2) is 0 Å². The average Bonchev–Trinajstić information content (AvgIpc) is 1.95. The van der Waals surface area contributed by atoms with Gasteiger partial charge >= 0.3 is 11.9 Å². The molecule has 17 heavy (non-hydrogen) atoms. The molecule has 0 aliphatic heterocycles. The van der Waals surface area contributed by atoms with E-state index >= 15 is 0 Å². The minimum atomic E-state index is -3.12. The van der Waals surface area contributed by atoms with Crippen LogP contribution in [0.3, 0.4) is 0 Å². The lowest BCUT2D eigenvalue weighted by atomic mass is 9.98. The van der Waals surface area contributed by atoms with Gasteiger partial charge in [-0.25, -0.2) is 8.78 Å². The van der Waals surface area contributed by atoms with E-state index in [1.807, 2.05) is 0 Å². The second-order valence-corrected chi connectivity index (χ2v) is 5.10. The topological polar surface area (TPSA) is 63.6 Å². The fourth-order valence-corrected chi connectivity index (χ4v) is 1.26. The number of alkyl halides is 2. The molecule has 1 unspecified atom stereocenters. The molecular weight excluding hydrogens is 234 g/mol. The van der Waals surface area contributed by atoms with E-state index in [0.717, 1.165) is 0 Å². The first-order chi connectivity index (χ1) is 7.41. The van der Waals surface area contributed by atoms with Gasteiger partial charge in [-0.05, 0) is 27.7 Å². The van der Waals surface area contributed by atoms with E-state index in [4.69, 9.17) is 9.84 Å². The highest BCUT2D eigenvalue weighted by molar-refractivity contribution is 5.79. The summed E-state index contributed by atoms with van der Waals surface area (Å²) < 4.78 is 30.3. The van der Waals surface area contributed by atoms with Crippen LogP contribution in [-0.2, 0) is 14.3 Å². The van der Waals surface area contributed by atoms with Crippen molar-refractivity contribution in [2.75, 3.05) is 0 Å². The quantitative estimate of drug-likeness (QED) is 0.763. The molecule has 0 aromatic heterocycles. The molecule has 0 aliphatic rings. The number of carboxylic acid groups (broad SMARTS) is 1. The summed E-state index contributed by atoms with van der Waals surface area (Å²) >= 11 is 0. The van der Waals surface area contributed by atoms with Gasteiger partial charge in [0.05, 0.1) is 12.3 Å². The van der Waals surface area contributed by atoms with Gasteiger partial charge in [-0.3, -0.25) is 9.59 Å². The molecule has 6 heteroatoms. The Kier molecular flexibility index (Phi) is 5.04. The number of aliphatic carboxylic acids is 1. The summed E-state index contributed by atoms with van der Waals surface area (Å²) in [7, 11) is 0. The van der Waals surface area contributed by atoms with E-state index in [1.54, 1.807) is 20.8 Å². The molecule has 0 rings (SSSR count). The number of carboxylic acids is 1. The van der Waals surface area contributed by atoms with E-state index in [9.17, 15) is 18.4 Å². The zero-order valence-corrected chi connectivity index (χ0v) is 10.4. The Labute approximate surface area is 99.0 Å². The highest BCUT2D eigenvalue weighted by atomic mass is 19.3. The summed E-state index contributed by atoms with van der Waals surface area (Å²) in [4.78, 5) is 22.1. The number of esters is 1. The third-order valence-electron chi connectivity index (χ3n) is 1.79. The third-order valence-corrected chi connectivity index (χ3v) is 1.79. The number of carbonyl (C=O) groups is 2. The zero-order chi connectivity index (χ0) is 13.9. The maximum absolute atomic E-state index is 12.7. The van der Waals surface area contributed by atoms with Crippen molar-refractivity contribution in [3.8, 4) is 0 Å². The lowest BCUT2D eigenvalue weighted by molar-refractivity contribution is -0.161. The summed E-state index contributed by atoms with van der Waals surface area (Å²) in [5.74, 6) is -6.75. The van der Waals surface area contributed by atoms with Gasteiger partial charge in [0.2, 0.25) is 5.92 Å². The van der Waals surface area contributed by atoms with Crippen LogP contribution in [0.5, 0.6) is 0 Å². The maximum Gasteiger partial charge on any atom is 0.307 e.